The van der Waals surface area contributed by atoms with Crippen molar-refractivity contribution >= 4 is 17.5 Å². The van der Waals surface area contributed by atoms with Crippen LogP contribution in [0.25, 0.3) is 0 Å². The van der Waals surface area contributed by atoms with E-state index in [1.165, 1.54) is 0 Å². The third-order valence-electron chi connectivity index (χ3n) is 5.30. The predicted molar refractivity (Wildman–Crippen MR) is 118 cm³/mol. The fourth-order valence-electron chi connectivity index (χ4n) is 3.69. The highest BCUT2D eigenvalue weighted by molar-refractivity contribution is 6.32. The van der Waals surface area contributed by atoms with Crippen LogP contribution in [0.3, 0.4) is 0 Å². The molecule has 0 spiro atoms. The number of H-pyrrole nitrogens is 1. The Bertz CT molecular complexity index is 958. The third kappa shape index (κ3) is 5.09. The van der Waals surface area contributed by atoms with E-state index in [4.69, 9.17) is 16.3 Å². The highest BCUT2D eigenvalue weighted by Crippen LogP contribution is 2.27. The van der Waals surface area contributed by atoms with Crippen LogP contribution < -0.4 is 9.64 Å². The fraction of sp³-hybridized carbons (Fsp3) is 0.409. The van der Waals surface area contributed by atoms with Gasteiger partial charge in [0.05, 0.1) is 17.3 Å². The minimum Gasteiger partial charge on any atom is -0.492 e. The summed E-state index contributed by atoms with van der Waals surface area (Å²) < 4.78 is 5.78. The monoisotopic (exact) mass is 426 g/mol. The Labute approximate surface area is 182 Å². The van der Waals surface area contributed by atoms with E-state index in [0.717, 1.165) is 55.4 Å². The van der Waals surface area contributed by atoms with Crippen molar-refractivity contribution in [3.8, 4) is 5.75 Å². The zero-order chi connectivity index (χ0) is 20.9. The summed E-state index contributed by atoms with van der Waals surface area (Å²) >= 11 is 6.13. The summed E-state index contributed by atoms with van der Waals surface area (Å²) in [6.07, 6.45) is 5.71. The maximum absolute atomic E-state index is 6.13. The molecule has 3 aromatic rings. The first-order valence-corrected chi connectivity index (χ1v) is 10.6. The zero-order valence-corrected chi connectivity index (χ0v) is 18.1. The minimum atomic E-state index is 0.446. The number of likely N-dealkylation sites (tertiary alicyclic amines) is 1. The molecule has 0 aliphatic carbocycles. The van der Waals surface area contributed by atoms with Crippen LogP contribution in [-0.2, 0) is 13.0 Å². The molecular formula is C22H27ClN6O. The second-order valence-corrected chi connectivity index (χ2v) is 8.26. The Morgan fingerprint density at radius 3 is 2.80 bits per heavy atom. The quantitative estimate of drug-likeness (QED) is 0.594. The standard InChI is InChI=1S/C22H27ClN6O/c1-28(2)22-24-12-16(13-25-22)14-29-9-7-17(15-29)20-11-18(26-27-20)8-10-30-21-6-4-3-5-19(21)23/h3-6,11-13,17H,7-10,14-15H2,1-2H3,(H,26,27). The van der Waals surface area contributed by atoms with E-state index in [9.17, 15) is 0 Å². The van der Waals surface area contributed by atoms with Gasteiger partial charge in [-0.25, -0.2) is 9.97 Å². The van der Waals surface area contributed by atoms with E-state index in [2.05, 4.69) is 31.1 Å². The molecule has 158 valence electrons. The molecule has 3 heterocycles. The Balaban J connectivity index is 1.26. The van der Waals surface area contributed by atoms with Gasteiger partial charge < -0.3 is 9.64 Å². The van der Waals surface area contributed by atoms with Gasteiger partial charge in [0.25, 0.3) is 0 Å². The smallest absolute Gasteiger partial charge is 0.224 e. The van der Waals surface area contributed by atoms with Crippen molar-refractivity contribution in [2.45, 2.75) is 25.3 Å². The molecule has 1 unspecified atom stereocenters. The fourth-order valence-corrected chi connectivity index (χ4v) is 3.88. The first-order valence-electron chi connectivity index (χ1n) is 10.2. The molecule has 1 saturated heterocycles. The maximum atomic E-state index is 6.13. The Morgan fingerprint density at radius 2 is 2.03 bits per heavy atom. The number of ether oxygens (including phenoxy) is 1. The molecular weight excluding hydrogens is 400 g/mol. The molecule has 0 amide bonds. The van der Waals surface area contributed by atoms with Crippen molar-refractivity contribution in [1.82, 2.24) is 25.1 Å². The number of para-hydroxylation sites is 1. The van der Waals surface area contributed by atoms with Crippen molar-refractivity contribution in [3.63, 3.8) is 0 Å². The van der Waals surface area contributed by atoms with Crippen LogP contribution in [-0.4, -0.2) is 58.9 Å². The molecule has 8 heteroatoms. The first kappa shape index (κ1) is 20.6. The van der Waals surface area contributed by atoms with Crippen LogP contribution in [0.2, 0.25) is 5.02 Å². The molecule has 0 radical (unpaired) electrons. The van der Waals surface area contributed by atoms with E-state index >= 15 is 0 Å². The number of rotatable bonds is 8. The van der Waals surface area contributed by atoms with E-state index in [1.807, 2.05) is 55.7 Å². The number of aromatic amines is 1. The van der Waals surface area contributed by atoms with Crippen LogP contribution in [0.1, 0.15) is 29.3 Å². The molecule has 1 aliphatic heterocycles. The third-order valence-corrected chi connectivity index (χ3v) is 5.62. The molecule has 0 bridgehead atoms. The highest BCUT2D eigenvalue weighted by Gasteiger charge is 2.26. The first-order chi connectivity index (χ1) is 14.6. The van der Waals surface area contributed by atoms with Gasteiger partial charge in [0.2, 0.25) is 5.95 Å². The molecule has 1 aliphatic rings. The number of halogens is 1. The van der Waals surface area contributed by atoms with Gasteiger partial charge in [-0.1, -0.05) is 23.7 Å². The van der Waals surface area contributed by atoms with Crippen molar-refractivity contribution in [2.75, 3.05) is 38.7 Å². The van der Waals surface area contributed by atoms with Crippen LogP contribution in [0.4, 0.5) is 5.95 Å². The largest absolute Gasteiger partial charge is 0.492 e. The van der Waals surface area contributed by atoms with Crippen LogP contribution in [0.15, 0.2) is 42.7 Å². The Hall–Kier alpha value is -2.64. The summed E-state index contributed by atoms with van der Waals surface area (Å²) in [5.74, 6) is 1.90. The van der Waals surface area contributed by atoms with Gasteiger partial charge in [0.15, 0.2) is 0 Å². The van der Waals surface area contributed by atoms with E-state index < -0.39 is 0 Å². The average molecular weight is 427 g/mol. The molecule has 4 rings (SSSR count). The predicted octanol–water partition coefficient (Wildman–Crippen LogP) is 3.53. The molecule has 1 fully saturated rings. The lowest BCUT2D eigenvalue weighted by atomic mass is 10.0. The summed E-state index contributed by atoms with van der Waals surface area (Å²) in [5.41, 5.74) is 3.35. The van der Waals surface area contributed by atoms with Gasteiger partial charge in [-0.3, -0.25) is 10.00 Å². The van der Waals surface area contributed by atoms with Crippen LogP contribution in [0, 0.1) is 0 Å². The lowest BCUT2D eigenvalue weighted by molar-refractivity contribution is 0.320. The number of nitrogens with zero attached hydrogens (tertiary/aromatic N) is 5. The van der Waals surface area contributed by atoms with E-state index in [0.29, 0.717) is 23.3 Å². The number of benzene rings is 1. The minimum absolute atomic E-state index is 0.446. The Kier molecular flexibility index (Phi) is 6.50. The summed E-state index contributed by atoms with van der Waals surface area (Å²) in [7, 11) is 3.89. The SMILES string of the molecule is CN(C)c1ncc(CN2CCC(c3cc(CCOc4ccccc4Cl)[nH]n3)C2)cn1. The lowest BCUT2D eigenvalue weighted by Crippen LogP contribution is -2.20. The molecule has 7 nitrogen and oxygen atoms in total. The van der Waals surface area contributed by atoms with Crippen LogP contribution in [0.5, 0.6) is 5.75 Å². The van der Waals surface area contributed by atoms with Gasteiger partial charge in [-0.15, -0.1) is 0 Å². The van der Waals surface area contributed by atoms with Gasteiger partial charge in [-0.05, 0) is 31.2 Å². The number of aromatic nitrogens is 4. The summed E-state index contributed by atoms with van der Waals surface area (Å²) in [5, 5.41) is 8.34. The van der Waals surface area contributed by atoms with E-state index in [1.54, 1.807) is 0 Å². The van der Waals surface area contributed by atoms with Crippen LogP contribution >= 0.6 is 11.6 Å². The van der Waals surface area contributed by atoms with Gasteiger partial charge in [0.1, 0.15) is 5.75 Å². The molecule has 0 saturated carbocycles. The topological polar surface area (TPSA) is 70.2 Å². The highest BCUT2D eigenvalue weighted by atomic mass is 35.5. The van der Waals surface area contributed by atoms with Crippen molar-refractivity contribution in [2.24, 2.45) is 0 Å². The molecule has 2 aromatic heterocycles. The van der Waals surface area contributed by atoms with Crippen molar-refractivity contribution in [1.29, 1.82) is 0 Å². The Morgan fingerprint density at radius 1 is 1.23 bits per heavy atom. The molecule has 1 N–H and O–H groups in total. The van der Waals surface area contributed by atoms with Gasteiger partial charge >= 0.3 is 0 Å². The normalized spacial score (nSPS) is 16.7. The average Bonchev–Trinajstić information content (AvgIpc) is 3.39. The van der Waals surface area contributed by atoms with Gasteiger partial charge in [0, 0.05) is 63.2 Å². The molecule has 1 aromatic carbocycles. The summed E-state index contributed by atoms with van der Waals surface area (Å²) in [6.45, 7) is 3.48. The van der Waals surface area contributed by atoms with Crippen molar-refractivity contribution < 1.29 is 4.74 Å². The lowest BCUT2D eigenvalue weighted by Gasteiger charge is -2.16. The number of nitrogens with one attached hydrogen (secondary N) is 1. The number of hydrogen-bond donors (Lipinski definition) is 1. The second kappa shape index (κ2) is 9.45. The molecule has 30 heavy (non-hydrogen) atoms. The maximum Gasteiger partial charge on any atom is 0.224 e. The van der Waals surface area contributed by atoms with Gasteiger partial charge in [-0.2, -0.15) is 5.10 Å². The zero-order valence-electron chi connectivity index (χ0n) is 17.4. The van der Waals surface area contributed by atoms with E-state index in [-0.39, 0.29) is 0 Å². The number of anilines is 1. The second-order valence-electron chi connectivity index (χ2n) is 7.85. The number of hydrogen-bond acceptors (Lipinski definition) is 6. The molecule has 1 atom stereocenters. The summed E-state index contributed by atoms with van der Waals surface area (Å²) in [4.78, 5) is 13.2. The van der Waals surface area contributed by atoms with Crippen molar-refractivity contribution in [3.05, 3.63) is 64.7 Å². The summed E-state index contributed by atoms with van der Waals surface area (Å²) in [6, 6.07) is 9.70.